The molecular weight excluding hydrogens is 318 g/mol. The fourth-order valence-corrected chi connectivity index (χ4v) is 3.35. The summed E-state index contributed by atoms with van der Waals surface area (Å²) in [4.78, 5) is 0. The van der Waals surface area contributed by atoms with Crippen molar-refractivity contribution in [2.75, 3.05) is 6.61 Å². The van der Waals surface area contributed by atoms with E-state index in [0.29, 0.717) is 6.61 Å². The van der Waals surface area contributed by atoms with Crippen molar-refractivity contribution in [2.45, 2.75) is 33.2 Å². The molecule has 0 radical (unpaired) electrons. The molecule has 0 saturated heterocycles. The Kier molecular flexibility index (Phi) is 5.15. The van der Waals surface area contributed by atoms with Gasteiger partial charge in [0.15, 0.2) is 0 Å². The maximum atomic E-state index is 7.11. The molecule has 3 aromatic carbocycles. The van der Waals surface area contributed by atoms with Crippen molar-refractivity contribution in [3.05, 3.63) is 100 Å². The Hall–Kier alpha value is -2.58. The molecule has 0 unspecified atom stereocenters. The lowest BCUT2D eigenvalue weighted by molar-refractivity contribution is 0.337. The van der Waals surface area contributed by atoms with Gasteiger partial charge in [-0.25, -0.2) is 0 Å². The monoisotopic (exact) mass is 345 g/mol. The van der Waals surface area contributed by atoms with Gasteiger partial charge in [0.1, 0.15) is 5.75 Å². The van der Waals surface area contributed by atoms with E-state index >= 15 is 0 Å². The summed E-state index contributed by atoms with van der Waals surface area (Å²) in [6.07, 6.45) is 0. The van der Waals surface area contributed by atoms with Crippen LogP contribution in [0.4, 0.5) is 0 Å². The minimum Gasteiger partial charge on any atom is -0.494 e. The van der Waals surface area contributed by atoms with Crippen LogP contribution in [0.3, 0.4) is 0 Å². The lowest BCUT2D eigenvalue weighted by atomic mass is 9.77. The van der Waals surface area contributed by atoms with Crippen molar-refractivity contribution < 1.29 is 4.74 Å². The van der Waals surface area contributed by atoms with Gasteiger partial charge < -0.3 is 10.5 Å². The largest absolute Gasteiger partial charge is 0.494 e. The zero-order valence-electron chi connectivity index (χ0n) is 16.0. The number of ether oxygens (including phenoxy) is 1. The Morgan fingerprint density at radius 1 is 0.731 bits per heavy atom. The van der Waals surface area contributed by atoms with Gasteiger partial charge in [0, 0.05) is 0 Å². The second-order valence-corrected chi connectivity index (χ2v) is 6.95. The highest BCUT2D eigenvalue weighted by Crippen LogP contribution is 2.36. The molecule has 0 amide bonds. The minimum atomic E-state index is -0.711. The van der Waals surface area contributed by atoms with Gasteiger partial charge in [-0.3, -0.25) is 0 Å². The van der Waals surface area contributed by atoms with Gasteiger partial charge in [-0.05, 0) is 62.1 Å². The molecule has 0 aliphatic carbocycles. The second-order valence-electron chi connectivity index (χ2n) is 6.95. The zero-order valence-corrected chi connectivity index (χ0v) is 16.0. The van der Waals surface area contributed by atoms with E-state index in [1.165, 1.54) is 11.1 Å². The van der Waals surface area contributed by atoms with E-state index < -0.39 is 5.54 Å². The van der Waals surface area contributed by atoms with Crippen molar-refractivity contribution in [1.82, 2.24) is 0 Å². The second kappa shape index (κ2) is 7.35. The molecule has 2 N–H and O–H groups in total. The Morgan fingerprint density at radius 2 is 1.19 bits per heavy atom. The molecule has 0 aliphatic heterocycles. The van der Waals surface area contributed by atoms with Gasteiger partial charge in [-0.2, -0.15) is 0 Å². The highest BCUT2D eigenvalue weighted by atomic mass is 16.5. The Labute approximate surface area is 156 Å². The van der Waals surface area contributed by atoms with E-state index in [1.807, 2.05) is 13.0 Å². The number of benzene rings is 3. The van der Waals surface area contributed by atoms with Crippen LogP contribution in [-0.2, 0) is 5.54 Å². The van der Waals surface area contributed by atoms with Gasteiger partial charge in [0.2, 0.25) is 0 Å². The van der Waals surface area contributed by atoms with Crippen molar-refractivity contribution in [1.29, 1.82) is 0 Å². The van der Waals surface area contributed by atoms with Crippen LogP contribution in [0.2, 0.25) is 0 Å². The average molecular weight is 345 g/mol. The van der Waals surface area contributed by atoms with Crippen LogP contribution in [0.15, 0.2) is 66.7 Å². The first kappa shape index (κ1) is 18.2. The van der Waals surface area contributed by atoms with Gasteiger partial charge in [-0.1, -0.05) is 65.7 Å². The van der Waals surface area contributed by atoms with Crippen LogP contribution >= 0.6 is 0 Å². The van der Waals surface area contributed by atoms with Gasteiger partial charge >= 0.3 is 0 Å². The lowest BCUT2D eigenvalue weighted by Gasteiger charge is -2.32. The van der Waals surface area contributed by atoms with E-state index in [0.717, 1.165) is 28.0 Å². The summed E-state index contributed by atoms with van der Waals surface area (Å²) in [6.45, 7) is 8.91. The Balaban J connectivity index is 2.19. The van der Waals surface area contributed by atoms with E-state index in [-0.39, 0.29) is 0 Å². The fraction of sp³-hybridized carbons (Fsp3) is 0.250. The SMILES string of the molecule is CCOc1ccc(C(N)(c2ccc(C)cc2)c2ccc(C)cc2)cc1C. The predicted molar refractivity (Wildman–Crippen MR) is 109 cm³/mol. The molecule has 0 saturated carbocycles. The van der Waals surface area contributed by atoms with Crippen LogP contribution in [-0.4, -0.2) is 6.61 Å². The molecule has 0 atom stereocenters. The quantitative estimate of drug-likeness (QED) is 0.640. The number of hydrogen-bond donors (Lipinski definition) is 1. The van der Waals surface area contributed by atoms with Gasteiger partial charge in [-0.15, -0.1) is 0 Å². The smallest absolute Gasteiger partial charge is 0.122 e. The highest BCUT2D eigenvalue weighted by molar-refractivity contribution is 5.52. The summed E-state index contributed by atoms with van der Waals surface area (Å²) in [6, 6.07) is 23.2. The summed E-state index contributed by atoms with van der Waals surface area (Å²) in [5, 5.41) is 0. The van der Waals surface area contributed by atoms with Crippen LogP contribution < -0.4 is 10.5 Å². The fourth-order valence-electron chi connectivity index (χ4n) is 3.35. The standard InChI is InChI=1S/C24H27NO/c1-5-26-23-15-14-22(16-19(23)4)24(25,20-10-6-17(2)7-11-20)21-12-8-18(3)9-13-21/h6-16H,5,25H2,1-4H3. The predicted octanol–water partition coefficient (Wildman–Crippen LogP) is 5.26. The van der Waals surface area contributed by atoms with Crippen molar-refractivity contribution in [2.24, 2.45) is 5.73 Å². The van der Waals surface area contributed by atoms with Crippen LogP contribution in [0.1, 0.15) is 40.3 Å². The Morgan fingerprint density at radius 3 is 1.62 bits per heavy atom. The number of rotatable bonds is 5. The summed E-state index contributed by atoms with van der Waals surface area (Å²) >= 11 is 0. The zero-order chi connectivity index (χ0) is 18.7. The molecule has 0 bridgehead atoms. The molecule has 3 aromatic rings. The van der Waals surface area contributed by atoms with Crippen LogP contribution in [0.25, 0.3) is 0 Å². The summed E-state index contributed by atoms with van der Waals surface area (Å²) in [7, 11) is 0. The summed E-state index contributed by atoms with van der Waals surface area (Å²) in [5.41, 5.74) is 13.2. The van der Waals surface area contributed by atoms with Gasteiger partial charge in [0.05, 0.1) is 12.1 Å². The molecular formula is C24H27NO. The third-order valence-corrected chi connectivity index (χ3v) is 4.94. The Bertz CT molecular complexity index is 834. The van der Waals surface area contributed by atoms with E-state index in [1.54, 1.807) is 0 Å². The lowest BCUT2D eigenvalue weighted by Crippen LogP contribution is -2.39. The minimum absolute atomic E-state index is 0.657. The number of aryl methyl sites for hydroxylation is 3. The highest BCUT2D eigenvalue weighted by Gasteiger charge is 2.32. The molecule has 2 nitrogen and oxygen atoms in total. The third-order valence-electron chi connectivity index (χ3n) is 4.94. The molecule has 0 heterocycles. The third kappa shape index (κ3) is 3.38. The van der Waals surface area contributed by atoms with E-state index in [2.05, 4.69) is 81.4 Å². The van der Waals surface area contributed by atoms with E-state index in [4.69, 9.17) is 10.5 Å². The summed E-state index contributed by atoms with van der Waals surface area (Å²) in [5.74, 6) is 0.909. The first-order valence-corrected chi connectivity index (χ1v) is 9.12. The maximum absolute atomic E-state index is 7.11. The first-order chi connectivity index (χ1) is 12.4. The molecule has 134 valence electrons. The topological polar surface area (TPSA) is 35.2 Å². The molecule has 0 spiro atoms. The van der Waals surface area contributed by atoms with Crippen LogP contribution in [0, 0.1) is 20.8 Å². The number of nitrogens with two attached hydrogens (primary N) is 1. The molecule has 3 rings (SSSR count). The first-order valence-electron chi connectivity index (χ1n) is 9.12. The van der Waals surface area contributed by atoms with E-state index in [9.17, 15) is 0 Å². The average Bonchev–Trinajstić information content (AvgIpc) is 2.64. The van der Waals surface area contributed by atoms with Crippen molar-refractivity contribution >= 4 is 0 Å². The molecule has 2 heteroatoms. The molecule has 0 fully saturated rings. The van der Waals surface area contributed by atoms with Gasteiger partial charge in [0.25, 0.3) is 0 Å². The molecule has 26 heavy (non-hydrogen) atoms. The van der Waals surface area contributed by atoms with Crippen LogP contribution in [0.5, 0.6) is 5.75 Å². The van der Waals surface area contributed by atoms with Crippen molar-refractivity contribution in [3.63, 3.8) is 0 Å². The maximum Gasteiger partial charge on any atom is 0.122 e. The van der Waals surface area contributed by atoms with Crippen molar-refractivity contribution in [3.8, 4) is 5.75 Å². The summed E-state index contributed by atoms with van der Waals surface area (Å²) < 4.78 is 5.71. The molecule has 0 aliphatic rings. The normalized spacial score (nSPS) is 11.4. The molecule has 0 aromatic heterocycles. The number of hydrogen-bond acceptors (Lipinski definition) is 2.